The molecule has 0 aromatic heterocycles. The number of nitrogens with two attached hydrogens (primary N) is 1. The van der Waals surface area contributed by atoms with E-state index in [1.54, 1.807) is 12.1 Å². The van der Waals surface area contributed by atoms with Crippen LogP contribution in [0.3, 0.4) is 0 Å². The molecule has 0 saturated carbocycles. The van der Waals surface area contributed by atoms with Crippen molar-refractivity contribution < 1.29 is 8.42 Å². The quantitative estimate of drug-likeness (QED) is 0.333. The number of sulfonamides is 1. The Hall–Kier alpha value is -1.27. The number of nitrogens with one attached hydrogen (secondary N) is 2. The maximum atomic E-state index is 11.7. The minimum absolute atomic E-state index is 0.192. The predicted octanol–water partition coefficient (Wildman–Crippen LogP) is 4.51. The Morgan fingerprint density at radius 3 is 2.00 bits per heavy atom. The fourth-order valence-electron chi connectivity index (χ4n) is 2.82. The summed E-state index contributed by atoms with van der Waals surface area (Å²) < 4.78 is 25.8. The van der Waals surface area contributed by atoms with Crippen molar-refractivity contribution in [2.45, 2.75) is 76.0 Å². The average Bonchev–Trinajstić information content (AvgIpc) is 2.60. The molecule has 1 aromatic rings. The summed E-state index contributed by atoms with van der Waals surface area (Å²) in [5.41, 5.74) is 7.21. The molecule has 0 heterocycles. The highest BCUT2D eigenvalue weighted by atomic mass is 32.2. The van der Waals surface area contributed by atoms with Gasteiger partial charge in [0.2, 0.25) is 10.0 Å². The molecule has 0 atom stereocenters. The first-order valence-electron chi connectivity index (χ1n) is 9.58. The molecule has 4 N–H and O–H groups in total. The molecule has 5 nitrogen and oxygen atoms in total. The van der Waals surface area contributed by atoms with Gasteiger partial charge in [-0.05, 0) is 31.7 Å². The smallest absolute Gasteiger partial charge is 0.240 e. The Balaban J connectivity index is 2.16. The molecule has 25 heavy (non-hydrogen) atoms. The lowest BCUT2D eigenvalue weighted by Gasteiger charge is -2.11. The summed E-state index contributed by atoms with van der Waals surface area (Å²) in [6, 6.07) is 4.80. The zero-order valence-electron chi connectivity index (χ0n) is 15.8. The molecule has 0 bridgehead atoms. The van der Waals surface area contributed by atoms with E-state index in [9.17, 15) is 8.42 Å². The van der Waals surface area contributed by atoms with Gasteiger partial charge in [-0.2, -0.15) is 0 Å². The van der Waals surface area contributed by atoms with Gasteiger partial charge in [0, 0.05) is 6.54 Å². The summed E-state index contributed by atoms with van der Waals surface area (Å²) in [4.78, 5) is 0.192. The monoisotopic (exact) mass is 369 g/mol. The standard InChI is InChI=1S/C19H35N3O2S/c1-3-4-5-6-7-8-9-10-11-12-15-22-19-14-13-17(16-18(19)20)25(23,24)21-2/h13-14,16,21-22H,3-12,15,20H2,1-2H3. The van der Waals surface area contributed by atoms with Crippen LogP contribution < -0.4 is 15.8 Å². The Morgan fingerprint density at radius 1 is 0.920 bits per heavy atom. The van der Waals surface area contributed by atoms with Crippen LogP contribution in [0.2, 0.25) is 0 Å². The van der Waals surface area contributed by atoms with Crippen LogP contribution in [0.15, 0.2) is 23.1 Å². The molecule has 0 aliphatic carbocycles. The number of rotatable bonds is 14. The van der Waals surface area contributed by atoms with Crippen molar-refractivity contribution in [3.8, 4) is 0 Å². The van der Waals surface area contributed by atoms with Crippen LogP contribution >= 0.6 is 0 Å². The molecule has 1 rings (SSSR count). The third kappa shape index (κ3) is 8.59. The van der Waals surface area contributed by atoms with Gasteiger partial charge in [0.1, 0.15) is 0 Å². The summed E-state index contributed by atoms with van der Waals surface area (Å²) in [6.45, 7) is 3.11. The van der Waals surface area contributed by atoms with E-state index in [0.29, 0.717) is 5.69 Å². The van der Waals surface area contributed by atoms with Crippen LogP contribution in [0.5, 0.6) is 0 Å². The highest BCUT2D eigenvalue weighted by Gasteiger charge is 2.12. The van der Waals surface area contributed by atoms with Crippen molar-refractivity contribution in [1.82, 2.24) is 4.72 Å². The highest BCUT2D eigenvalue weighted by molar-refractivity contribution is 7.89. The maximum Gasteiger partial charge on any atom is 0.240 e. The van der Waals surface area contributed by atoms with E-state index in [1.807, 2.05) is 0 Å². The summed E-state index contributed by atoms with van der Waals surface area (Å²) in [6.07, 6.45) is 13.1. The van der Waals surface area contributed by atoms with Crippen LogP contribution in [-0.2, 0) is 10.0 Å². The lowest BCUT2D eigenvalue weighted by Crippen LogP contribution is -2.18. The van der Waals surface area contributed by atoms with Crippen molar-refractivity contribution in [2.75, 3.05) is 24.6 Å². The number of benzene rings is 1. The summed E-state index contributed by atoms with van der Waals surface area (Å²) >= 11 is 0. The maximum absolute atomic E-state index is 11.7. The number of anilines is 2. The average molecular weight is 370 g/mol. The fraction of sp³-hybridized carbons (Fsp3) is 0.684. The van der Waals surface area contributed by atoms with E-state index in [-0.39, 0.29) is 4.90 Å². The van der Waals surface area contributed by atoms with E-state index in [0.717, 1.165) is 18.7 Å². The summed E-state index contributed by atoms with van der Waals surface area (Å²) in [7, 11) is -2.05. The van der Waals surface area contributed by atoms with Gasteiger partial charge in [-0.15, -0.1) is 0 Å². The second-order valence-corrected chi connectivity index (χ2v) is 8.45. The first kappa shape index (κ1) is 21.8. The zero-order valence-corrected chi connectivity index (χ0v) is 16.6. The third-order valence-electron chi connectivity index (χ3n) is 4.45. The predicted molar refractivity (Wildman–Crippen MR) is 107 cm³/mol. The Morgan fingerprint density at radius 2 is 1.48 bits per heavy atom. The molecule has 144 valence electrons. The molecule has 6 heteroatoms. The number of unbranched alkanes of at least 4 members (excludes halogenated alkanes) is 9. The Bertz CT molecular complexity index is 588. The van der Waals surface area contributed by atoms with E-state index in [4.69, 9.17) is 5.73 Å². The van der Waals surface area contributed by atoms with E-state index >= 15 is 0 Å². The summed E-state index contributed by atoms with van der Waals surface area (Å²) in [5, 5.41) is 3.29. The minimum Gasteiger partial charge on any atom is -0.397 e. The molecular weight excluding hydrogens is 334 g/mol. The van der Waals surface area contributed by atoms with Crippen molar-refractivity contribution in [3.63, 3.8) is 0 Å². The number of nitrogen functional groups attached to an aromatic ring is 1. The lowest BCUT2D eigenvalue weighted by atomic mass is 10.1. The van der Waals surface area contributed by atoms with Crippen molar-refractivity contribution in [1.29, 1.82) is 0 Å². The molecule has 0 radical (unpaired) electrons. The SMILES string of the molecule is CCCCCCCCCCCCNc1ccc(S(=O)(=O)NC)cc1N. The lowest BCUT2D eigenvalue weighted by molar-refractivity contribution is 0.560. The molecule has 0 aliphatic rings. The Labute approximate surface area is 153 Å². The molecule has 0 saturated heterocycles. The van der Waals surface area contributed by atoms with Crippen molar-refractivity contribution in [3.05, 3.63) is 18.2 Å². The van der Waals surface area contributed by atoms with Crippen molar-refractivity contribution in [2.24, 2.45) is 0 Å². The number of hydrogen-bond acceptors (Lipinski definition) is 4. The van der Waals surface area contributed by atoms with Gasteiger partial charge in [0.05, 0.1) is 16.3 Å². The van der Waals surface area contributed by atoms with Gasteiger partial charge in [0.25, 0.3) is 0 Å². The van der Waals surface area contributed by atoms with E-state index in [2.05, 4.69) is 17.0 Å². The highest BCUT2D eigenvalue weighted by Crippen LogP contribution is 2.22. The third-order valence-corrected chi connectivity index (χ3v) is 5.86. The van der Waals surface area contributed by atoms with E-state index < -0.39 is 10.0 Å². The van der Waals surface area contributed by atoms with Crippen LogP contribution in [0, 0.1) is 0 Å². The molecule has 0 amide bonds. The topological polar surface area (TPSA) is 84.2 Å². The molecule has 0 spiro atoms. The first-order valence-corrected chi connectivity index (χ1v) is 11.1. The van der Waals surface area contributed by atoms with Crippen LogP contribution in [0.25, 0.3) is 0 Å². The molecular formula is C19H35N3O2S. The largest absolute Gasteiger partial charge is 0.397 e. The van der Waals surface area contributed by atoms with Crippen molar-refractivity contribution >= 4 is 21.4 Å². The minimum atomic E-state index is -3.44. The van der Waals surface area contributed by atoms with Gasteiger partial charge in [-0.25, -0.2) is 13.1 Å². The molecule has 0 aliphatic heterocycles. The van der Waals surface area contributed by atoms with Crippen LogP contribution in [-0.4, -0.2) is 22.0 Å². The van der Waals surface area contributed by atoms with E-state index in [1.165, 1.54) is 70.9 Å². The van der Waals surface area contributed by atoms with Crippen LogP contribution in [0.1, 0.15) is 71.1 Å². The zero-order chi connectivity index (χ0) is 18.5. The van der Waals surface area contributed by atoms with Gasteiger partial charge < -0.3 is 11.1 Å². The Kier molecular flexibility index (Phi) is 10.6. The van der Waals surface area contributed by atoms with Gasteiger partial charge in [-0.1, -0.05) is 64.7 Å². The normalized spacial score (nSPS) is 11.6. The second-order valence-electron chi connectivity index (χ2n) is 6.57. The fourth-order valence-corrected chi connectivity index (χ4v) is 3.59. The van der Waals surface area contributed by atoms with Gasteiger partial charge in [-0.3, -0.25) is 0 Å². The first-order chi connectivity index (χ1) is 12.0. The van der Waals surface area contributed by atoms with Gasteiger partial charge >= 0.3 is 0 Å². The molecule has 0 fully saturated rings. The molecule has 0 unspecified atom stereocenters. The number of hydrogen-bond donors (Lipinski definition) is 3. The second kappa shape index (κ2) is 12.1. The van der Waals surface area contributed by atoms with Crippen LogP contribution in [0.4, 0.5) is 11.4 Å². The van der Waals surface area contributed by atoms with Gasteiger partial charge in [0.15, 0.2) is 0 Å². The summed E-state index contributed by atoms with van der Waals surface area (Å²) in [5.74, 6) is 0. The molecule has 1 aromatic carbocycles.